The van der Waals surface area contributed by atoms with Crippen LogP contribution in [-0.2, 0) is 6.54 Å². The molecule has 1 aliphatic carbocycles. The van der Waals surface area contributed by atoms with Gasteiger partial charge in [0.15, 0.2) is 0 Å². The molecule has 1 aliphatic rings. The molecule has 1 aromatic rings. The molecule has 0 aromatic heterocycles. The van der Waals surface area contributed by atoms with Crippen LogP contribution in [-0.4, -0.2) is 30.6 Å². The summed E-state index contributed by atoms with van der Waals surface area (Å²) < 4.78 is 0. The maximum Gasteiger partial charge on any atom is 0.0406 e. The van der Waals surface area contributed by atoms with Gasteiger partial charge in [-0.1, -0.05) is 30.7 Å². The van der Waals surface area contributed by atoms with Gasteiger partial charge in [0.05, 0.1) is 0 Å². The standard InChI is InChI=1S/C17H27ClN2/c1-3-12-19-16-8-10-17(11-9-16)20(2)13-14-4-6-15(18)7-5-14/h4-7,16-17,19H,3,8-13H2,1-2H3. The molecule has 2 nitrogen and oxygen atoms in total. The van der Waals surface area contributed by atoms with Crippen molar-refractivity contribution in [3.05, 3.63) is 34.9 Å². The molecular formula is C17H27ClN2. The zero-order chi connectivity index (χ0) is 14.4. The second-order valence-electron chi connectivity index (χ2n) is 6.00. The van der Waals surface area contributed by atoms with E-state index < -0.39 is 0 Å². The lowest BCUT2D eigenvalue weighted by Crippen LogP contribution is -2.40. The van der Waals surface area contributed by atoms with E-state index in [9.17, 15) is 0 Å². The fourth-order valence-electron chi connectivity index (χ4n) is 3.08. The minimum Gasteiger partial charge on any atom is -0.314 e. The third kappa shape index (κ3) is 4.76. The number of halogens is 1. The van der Waals surface area contributed by atoms with Crippen molar-refractivity contribution in [1.82, 2.24) is 10.2 Å². The Hall–Kier alpha value is -0.570. The predicted molar refractivity (Wildman–Crippen MR) is 87.3 cm³/mol. The molecule has 0 radical (unpaired) electrons. The molecule has 1 aromatic carbocycles. The minimum absolute atomic E-state index is 0.727. The average Bonchev–Trinajstić information content (AvgIpc) is 2.48. The van der Waals surface area contributed by atoms with Gasteiger partial charge in [0.1, 0.15) is 0 Å². The third-order valence-corrected chi connectivity index (χ3v) is 4.60. The number of nitrogens with zero attached hydrogens (tertiary/aromatic N) is 1. The molecule has 0 bridgehead atoms. The molecule has 2 rings (SSSR count). The van der Waals surface area contributed by atoms with E-state index in [1.54, 1.807) is 0 Å². The normalized spacial score (nSPS) is 23.2. The van der Waals surface area contributed by atoms with Crippen LogP contribution in [0.15, 0.2) is 24.3 Å². The van der Waals surface area contributed by atoms with E-state index in [4.69, 9.17) is 11.6 Å². The van der Waals surface area contributed by atoms with Crippen molar-refractivity contribution in [3.8, 4) is 0 Å². The fourth-order valence-corrected chi connectivity index (χ4v) is 3.20. The molecule has 0 unspecified atom stereocenters. The maximum atomic E-state index is 5.93. The summed E-state index contributed by atoms with van der Waals surface area (Å²) in [5.74, 6) is 0. The molecule has 1 fully saturated rings. The van der Waals surface area contributed by atoms with Gasteiger partial charge in [-0.05, 0) is 63.4 Å². The Labute approximate surface area is 128 Å². The highest BCUT2D eigenvalue weighted by atomic mass is 35.5. The van der Waals surface area contributed by atoms with Crippen LogP contribution in [0.5, 0.6) is 0 Å². The lowest BCUT2D eigenvalue weighted by molar-refractivity contribution is 0.168. The van der Waals surface area contributed by atoms with E-state index in [0.717, 1.165) is 30.2 Å². The first-order chi connectivity index (χ1) is 9.69. The molecule has 1 saturated carbocycles. The van der Waals surface area contributed by atoms with Gasteiger partial charge in [0, 0.05) is 23.7 Å². The lowest BCUT2D eigenvalue weighted by Gasteiger charge is -2.35. The molecule has 112 valence electrons. The van der Waals surface area contributed by atoms with Gasteiger partial charge < -0.3 is 5.32 Å². The number of benzene rings is 1. The summed E-state index contributed by atoms with van der Waals surface area (Å²) in [6.07, 6.45) is 6.48. The van der Waals surface area contributed by atoms with Crippen molar-refractivity contribution >= 4 is 11.6 Å². The van der Waals surface area contributed by atoms with Crippen molar-refractivity contribution in [2.45, 2.75) is 57.7 Å². The average molecular weight is 295 g/mol. The monoisotopic (exact) mass is 294 g/mol. The van der Waals surface area contributed by atoms with Gasteiger partial charge >= 0.3 is 0 Å². The van der Waals surface area contributed by atoms with Crippen LogP contribution in [0.3, 0.4) is 0 Å². The van der Waals surface area contributed by atoms with E-state index in [1.807, 2.05) is 12.1 Å². The molecule has 0 spiro atoms. The van der Waals surface area contributed by atoms with Crippen LogP contribution in [0.1, 0.15) is 44.6 Å². The largest absolute Gasteiger partial charge is 0.314 e. The Morgan fingerprint density at radius 2 is 1.80 bits per heavy atom. The number of hydrogen-bond donors (Lipinski definition) is 1. The molecule has 0 amide bonds. The van der Waals surface area contributed by atoms with Gasteiger partial charge in [-0.15, -0.1) is 0 Å². The van der Waals surface area contributed by atoms with Crippen LogP contribution in [0, 0.1) is 0 Å². The molecule has 0 heterocycles. The predicted octanol–water partition coefficient (Wildman–Crippen LogP) is 4.08. The summed E-state index contributed by atoms with van der Waals surface area (Å²) in [5.41, 5.74) is 1.35. The van der Waals surface area contributed by atoms with Crippen molar-refractivity contribution in [2.24, 2.45) is 0 Å². The first-order valence-corrected chi connectivity index (χ1v) is 8.25. The Bertz CT molecular complexity index is 382. The molecule has 3 heteroatoms. The van der Waals surface area contributed by atoms with Crippen molar-refractivity contribution < 1.29 is 0 Å². The summed E-state index contributed by atoms with van der Waals surface area (Å²) in [7, 11) is 2.25. The molecule has 20 heavy (non-hydrogen) atoms. The van der Waals surface area contributed by atoms with Crippen LogP contribution in [0.2, 0.25) is 5.02 Å². The van der Waals surface area contributed by atoms with Gasteiger partial charge in [0.2, 0.25) is 0 Å². The highest BCUT2D eigenvalue weighted by Gasteiger charge is 2.23. The van der Waals surface area contributed by atoms with Crippen LogP contribution >= 0.6 is 11.6 Å². The molecule has 1 N–H and O–H groups in total. The topological polar surface area (TPSA) is 15.3 Å². The Kier molecular flexibility index (Phi) is 6.34. The van der Waals surface area contributed by atoms with Gasteiger partial charge in [0.25, 0.3) is 0 Å². The second-order valence-corrected chi connectivity index (χ2v) is 6.44. The Balaban J connectivity index is 1.76. The first-order valence-electron chi connectivity index (χ1n) is 7.87. The number of rotatable bonds is 6. The van der Waals surface area contributed by atoms with Crippen molar-refractivity contribution in [1.29, 1.82) is 0 Å². The van der Waals surface area contributed by atoms with E-state index in [1.165, 1.54) is 37.7 Å². The summed E-state index contributed by atoms with van der Waals surface area (Å²) in [4.78, 5) is 2.50. The van der Waals surface area contributed by atoms with Crippen molar-refractivity contribution in [2.75, 3.05) is 13.6 Å². The summed E-state index contributed by atoms with van der Waals surface area (Å²) in [6.45, 7) is 4.42. The van der Waals surface area contributed by atoms with E-state index >= 15 is 0 Å². The van der Waals surface area contributed by atoms with E-state index in [-0.39, 0.29) is 0 Å². The van der Waals surface area contributed by atoms with Gasteiger partial charge in [-0.3, -0.25) is 4.90 Å². The third-order valence-electron chi connectivity index (χ3n) is 4.35. The highest BCUT2D eigenvalue weighted by molar-refractivity contribution is 6.30. The first kappa shape index (κ1) is 15.8. The molecule has 0 atom stereocenters. The maximum absolute atomic E-state index is 5.93. The van der Waals surface area contributed by atoms with Crippen molar-refractivity contribution in [3.63, 3.8) is 0 Å². The van der Waals surface area contributed by atoms with Gasteiger partial charge in [-0.2, -0.15) is 0 Å². The summed E-state index contributed by atoms with van der Waals surface area (Å²) >= 11 is 5.93. The van der Waals surface area contributed by atoms with Crippen LogP contribution in [0.25, 0.3) is 0 Å². The van der Waals surface area contributed by atoms with E-state index in [2.05, 4.69) is 36.3 Å². The second kappa shape index (κ2) is 8.02. The Morgan fingerprint density at radius 3 is 2.40 bits per heavy atom. The minimum atomic E-state index is 0.727. The molecule has 0 saturated heterocycles. The van der Waals surface area contributed by atoms with Gasteiger partial charge in [-0.25, -0.2) is 0 Å². The zero-order valence-corrected chi connectivity index (χ0v) is 13.5. The summed E-state index contributed by atoms with van der Waals surface area (Å²) in [5, 5.41) is 4.47. The lowest BCUT2D eigenvalue weighted by atomic mass is 9.90. The summed E-state index contributed by atoms with van der Waals surface area (Å²) in [6, 6.07) is 9.70. The fraction of sp³-hybridized carbons (Fsp3) is 0.647. The smallest absolute Gasteiger partial charge is 0.0406 e. The Morgan fingerprint density at radius 1 is 1.15 bits per heavy atom. The quantitative estimate of drug-likeness (QED) is 0.850. The van der Waals surface area contributed by atoms with Crippen LogP contribution < -0.4 is 5.32 Å². The van der Waals surface area contributed by atoms with Crippen LogP contribution in [0.4, 0.5) is 0 Å². The molecule has 0 aliphatic heterocycles. The highest BCUT2D eigenvalue weighted by Crippen LogP contribution is 2.24. The van der Waals surface area contributed by atoms with E-state index in [0.29, 0.717) is 0 Å². The number of nitrogens with one attached hydrogen (secondary N) is 1. The number of hydrogen-bond acceptors (Lipinski definition) is 2. The zero-order valence-electron chi connectivity index (χ0n) is 12.7. The SMILES string of the molecule is CCCNC1CCC(N(C)Cc2ccc(Cl)cc2)CC1. The molecular weight excluding hydrogens is 268 g/mol.